The lowest BCUT2D eigenvalue weighted by molar-refractivity contribution is -0.141. The van der Waals surface area contributed by atoms with Gasteiger partial charge in [0.2, 0.25) is 5.76 Å². The summed E-state index contributed by atoms with van der Waals surface area (Å²) in [4.78, 5) is 18.9. The van der Waals surface area contributed by atoms with Crippen LogP contribution in [0.5, 0.6) is 0 Å². The highest BCUT2D eigenvalue weighted by Crippen LogP contribution is 2.27. The van der Waals surface area contributed by atoms with Crippen LogP contribution in [0.3, 0.4) is 0 Å². The maximum absolute atomic E-state index is 12.6. The Morgan fingerprint density at radius 2 is 2.14 bits per heavy atom. The summed E-state index contributed by atoms with van der Waals surface area (Å²) < 4.78 is 42.5. The molecule has 0 saturated carbocycles. The van der Waals surface area contributed by atoms with Crippen molar-refractivity contribution in [2.24, 2.45) is 0 Å². The number of rotatable bonds is 4. The van der Waals surface area contributed by atoms with Gasteiger partial charge in [-0.1, -0.05) is 5.16 Å². The third-order valence-electron chi connectivity index (χ3n) is 2.49. The maximum Gasteiger partial charge on any atom is 0.433 e. The van der Waals surface area contributed by atoms with Crippen LogP contribution in [0.4, 0.5) is 13.2 Å². The Morgan fingerprint density at radius 1 is 1.38 bits per heavy atom. The van der Waals surface area contributed by atoms with Crippen molar-refractivity contribution in [3.63, 3.8) is 0 Å². The summed E-state index contributed by atoms with van der Waals surface area (Å²) >= 11 is 0. The van der Waals surface area contributed by atoms with E-state index < -0.39 is 17.8 Å². The molecule has 0 unspecified atom stereocenters. The van der Waals surface area contributed by atoms with Gasteiger partial charge in [-0.25, -0.2) is 9.97 Å². The molecule has 6 nitrogen and oxygen atoms in total. The number of carbonyl (C=O) groups is 1. The summed E-state index contributed by atoms with van der Waals surface area (Å²) in [5.74, 6) is -0.465. The molecule has 1 amide bonds. The van der Waals surface area contributed by atoms with Crippen LogP contribution in [0.15, 0.2) is 22.9 Å². The van der Waals surface area contributed by atoms with E-state index in [0.717, 1.165) is 6.07 Å². The first-order chi connectivity index (χ1) is 9.86. The molecule has 0 fully saturated rings. The summed E-state index contributed by atoms with van der Waals surface area (Å²) in [5, 5.41) is 5.85. The number of aromatic nitrogens is 3. The van der Waals surface area contributed by atoms with Crippen LogP contribution >= 0.6 is 0 Å². The monoisotopic (exact) mass is 300 g/mol. The minimum Gasteiger partial charge on any atom is -0.351 e. The van der Waals surface area contributed by atoms with Crippen LogP contribution in [-0.4, -0.2) is 27.6 Å². The third-order valence-corrected chi connectivity index (χ3v) is 2.49. The van der Waals surface area contributed by atoms with Gasteiger partial charge in [0, 0.05) is 24.7 Å². The molecule has 0 spiro atoms. The van der Waals surface area contributed by atoms with Gasteiger partial charge < -0.3 is 9.84 Å². The van der Waals surface area contributed by atoms with E-state index in [9.17, 15) is 18.0 Å². The van der Waals surface area contributed by atoms with E-state index in [1.807, 2.05) is 0 Å². The highest BCUT2D eigenvalue weighted by Gasteiger charge is 2.33. The molecule has 0 bridgehead atoms. The molecular formula is C12H11F3N4O2. The Hall–Kier alpha value is -2.45. The topological polar surface area (TPSA) is 80.9 Å². The number of carbonyl (C=O) groups excluding carboxylic acids is 1. The van der Waals surface area contributed by atoms with Gasteiger partial charge in [0.05, 0.1) is 6.20 Å². The van der Waals surface area contributed by atoms with Crippen molar-refractivity contribution in [3.05, 3.63) is 41.3 Å². The minimum atomic E-state index is -4.52. The van der Waals surface area contributed by atoms with E-state index >= 15 is 0 Å². The fourth-order valence-corrected chi connectivity index (χ4v) is 1.59. The molecule has 0 aromatic carbocycles. The molecule has 21 heavy (non-hydrogen) atoms. The lowest BCUT2D eigenvalue weighted by Crippen LogP contribution is -2.26. The number of hydrogen-bond acceptors (Lipinski definition) is 5. The Balaban J connectivity index is 1.97. The first-order valence-electron chi connectivity index (χ1n) is 5.97. The van der Waals surface area contributed by atoms with Crippen molar-refractivity contribution in [2.75, 3.05) is 6.54 Å². The maximum atomic E-state index is 12.6. The molecule has 2 aromatic rings. The Kier molecular flexibility index (Phi) is 4.20. The van der Waals surface area contributed by atoms with E-state index in [0.29, 0.717) is 0 Å². The summed E-state index contributed by atoms with van der Waals surface area (Å²) in [7, 11) is 0. The summed E-state index contributed by atoms with van der Waals surface area (Å²) in [6, 6.07) is 2.25. The molecule has 0 atom stereocenters. The summed E-state index contributed by atoms with van der Waals surface area (Å²) in [5.41, 5.74) is -0.777. The SMILES string of the molecule is Cc1cc(C(F)(F)F)nc(CCNC(=O)c2ccno2)n1. The molecule has 2 aromatic heterocycles. The predicted molar refractivity (Wildman–Crippen MR) is 64.3 cm³/mol. The first-order valence-corrected chi connectivity index (χ1v) is 5.97. The van der Waals surface area contributed by atoms with Crippen molar-refractivity contribution in [2.45, 2.75) is 19.5 Å². The number of alkyl halides is 3. The number of amides is 1. The van der Waals surface area contributed by atoms with Crippen molar-refractivity contribution in [1.82, 2.24) is 20.4 Å². The zero-order valence-corrected chi connectivity index (χ0v) is 10.9. The fourth-order valence-electron chi connectivity index (χ4n) is 1.59. The van der Waals surface area contributed by atoms with Crippen LogP contribution in [0.1, 0.15) is 27.8 Å². The molecule has 9 heteroatoms. The molecular weight excluding hydrogens is 289 g/mol. The zero-order valence-electron chi connectivity index (χ0n) is 10.9. The van der Waals surface area contributed by atoms with Gasteiger partial charge in [-0.15, -0.1) is 0 Å². The zero-order chi connectivity index (χ0) is 15.5. The van der Waals surface area contributed by atoms with Gasteiger partial charge in [0.1, 0.15) is 11.5 Å². The molecule has 0 aliphatic heterocycles. The molecule has 0 aliphatic rings. The lowest BCUT2D eigenvalue weighted by Gasteiger charge is -2.09. The smallest absolute Gasteiger partial charge is 0.351 e. The molecule has 112 valence electrons. The van der Waals surface area contributed by atoms with Crippen molar-refractivity contribution >= 4 is 5.91 Å². The average molecular weight is 300 g/mol. The lowest BCUT2D eigenvalue weighted by atomic mass is 10.3. The second-order valence-corrected chi connectivity index (χ2v) is 4.19. The molecule has 2 rings (SSSR count). The van der Waals surface area contributed by atoms with Gasteiger partial charge in [-0.2, -0.15) is 13.2 Å². The molecule has 0 aliphatic carbocycles. The number of nitrogens with one attached hydrogen (secondary N) is 1. The largest absolute Gasteiger partial charge is 0.433 e. The van der Waals surface area contributed by atoms with E-state index in [1.165, 1.54) is 19.2 Å². The van der Waals surface area contributed by atoms with E-state index in [4.69, 9.17) is 0 Å². The standard InChI is InChI=1S/C12H11F3N4O2/c1-7-6-9(12(13,14)15)19-10(18-7)3-4-16-11(20)8-2-5-17-21-8/h2,5-6H,3-4H2,1H3,(H,16,20). The highest BCUT2D eigenvalue weighted by atomic mass is 19.4. The van der Waals surface area contributed by atoms with Gasteiger partial charge in [0.15, 0.2) is 0 Å². The molecule has 0 radical (unpaired) electrons. The highest BCUT2D eigenvalue weighted by molar-refractivity contribution is 5.91. The predicted octanol–water partition coefficient (Wildman–Crippen LogP) is 1.76. The van der Waals surface area contributed by atoms with Crippen LogP contribution in [-0.2, 0) is 12.6 Å². The Morgan fingerprint density at radius 3 is 2.76 bits per heavy atom. The first kappa shape index (κ1) is 14.9. The van der Waals surface area contributed by atoms with E-state index in [2.05, 4.69) is 25.0 Å². The second-order valence-electron chi connectivity index (χ2n) is 4.19. The number of hydrogen-bond donors (Lipinski definition) is 1. The Labute approximate surface area is 117 Å². The second kappa shape index (κ2) is 5.90. The summed E-state index contributed by atoms with van der Waals surface area (Å²) in [6.45, 7) is 1.54. The van der Waals surface area contributed by atoms with Gasteiger partial charge in [-0.05, 0) is 13.0 Å². The number of nitrogens with zero attached hydrogens (tertiary/aromatic N) is 3. The van der Waals surface area contributed by atoms with E-state index in [-0.39, 0.29) is 30.2 Å². The molecule has 0 saturated heterocycles. The third kappa shape index (κ3) is 4.01. The Bertz CT molecular complexity index is 626. The number of aryl methyl sites for hydroxylation is 1. The van der Waals surface area contributed by atoms with Crippen LogP contribution in [0.2, 0.25) is 0 Å². The minimum absolute atomic E-state index is 0.0141. The molecule has 2 heterocycles. The fraction of sp³-hybridized carbons (Fsp3) is 0.333. The average Bonchev–Trinajstić information content (AvgIpc) is 2.90. The van der Waals surface area contributed by atoms with Crippen molar-refractivity contribution in [1.29, 1.82) is 0 Å². The van der Waals surface area contributed by atoms with Gasteiger partial charge >= 0.3 is 6.18 Å². The van der Waals surface area contributed by atoms with Crippen LogP contribution < -0.4 is 5.32 Å². The van der Waals surface area contributed by atoms with Crippen LogP contribution in [0.25, 0.3) is 0 Å². The van der Waals surface area contributed by atoms with Crippen molar-refractivity contribution < 1.29 is 22.5 Å². The molecule has 1 N–H and O–H groups in total. The van der Waals surface area contributed by atoms with Crippen LogP contribution in [0, 0.1) is 6.92 Å². The summed E-state index contributed by atoms with van der Waals surface area (Å²) in [6.07, 6.45) is -3.13. The van der Waals surface area contributed by atoms with Gasteiger partial charge in [0.25, 0.3) is 5.91 Å². The number of halogens is 3. The van der Waals surface area contributed by atoms with E-state index in [1.54, 1.807) is 0 Å². The normalized spacial score (nSPS) is 11.4. The van der Waals surface area contributed by atoms with Gasteiger partial charge in [-0.3, -0.25) is 4.79 Å². The van der Waals surface area contributed by atoms with Crippen molar-refractivity contribution in [3.8, 4) is 0 Å². The quantitative estimate of drug-likeness (QED) is 0.930.